The highest BCUT2D eigenvalue weighted by atomic mass is 16.5. The van der Waals surface area contributed by atoms with Crippen LogP contribution in [0.15, 0.2) is 0 Å². The summed E-state index contributed by atoms with van der Waals surface area (Å²) in [6.45, 7) is 5.79. The number of ether oxygens (including phenoxy) is 1. The standard InChI is InChI=1S/C17H31NO3/c1-3-5-6-7-8-9-12-16(19)18-13-10-11-15(14-18)17(20)21-4-2/h15H,3-14H2,1-2H3/t15-/m1/s1. The van der Waals surface area contributed by atoms with Crippen molar-refractivity contribution in [1.29, 1.82) is 0 Å². The number of hydrogen-bond acceptors (Lipinski definition) is 3. The van der Waals surface area contributed by atoms with Gasteiger partial charge in [-0.25, -0.2) is 0 Å². The van der Waals surface area contributed by atoms with Crippen LogP contribution in [-0.4, -0.2) is 36.5 Å². The quantitative estimate of drug-likeness (QED) is 0.483. The van der Waals surface area contributed by atoms with Crippen LogP contribution in [0.3, 0.4) is 0 Å². The third-order valence-corrected chi connectivity index (χ3v) is 4.14. The van der Waals surface area contributed by atoms with Gasteiger partial charge < -0.3 is 9.64 Å². The van der Waals surface area contributed by atoms with E-state index in [1.165, 1.54) is 25.7 Å². The van der Waals surface area contributed by atoms with Crippen molar-refractivity contribution in [2.24, 2.45) is 5.92 Å². The molecule has 1 rings (SSSR count). The van der Waals surface area contributed by atoms with E-state index in [9.17, 15) is 9.59 Å². The highest BCUT2D eigenvalue weighted by Gasteiger charge is 2.28. The molecule has 4 heteroatoms. The highest BCUT2D eigenvalue weighted by molar-refractivity contribution is 5.78. The van der Waals surface area contributed by atoms with Gasteiger partial charge in [0, 0.05) is 19.5 Å². The molecule has 0 N–H and O–H groups in total. The molecule has 4 nitrogen and oxygen atoms in total. The van der Waals surface area contributed by atoms with E-state index >= 15 is 0 Å². The first-order valence-corrected chi connectivity index (χ1v) is 8.63. The molecule has 0 aromatic rings. The third-order valence-electron chi connectivity index (χ3n) is 4.14. The molecule has 1 heterocycles. The molecule has 1 fully saturated rings. The molecule has 0 saturated carbocycles. The van der Waals surface area contributed by atoms with Gasteiger partial charge in [0.1, 0.15) is 0 Å². The van der Waals surface area contributed by atoms with Crippen LogP contribution in [0.4, 0.5) is 0 Å². The van der Waals surface area contributed by atoms with E-state index in [-0.39, 0.29) is 17.8 Å². The lowest BCUT2D eigenvalue weighted by Gasteiger charge is -2.31. The first-order valence-electron chi connectivity index (χ1n) is 8.63. The zero-order valence-electron chi connectivity index (χ0n) is 13.7. The molecular weight excluding hydrogens is 266 g/mol. The number of unbranched alkanes of at least 4 members (excludes halogenated alkanes) is 5. The number of hydrogen-bond donors (Lipinski definition) is 0. The first-order chi connectivity index (χ1) is 10.2. The van der Waals surface area contributed by atoms with Crippen molar-refractivity contribution in [3.63, 3.8) is 0 Å². The van der Waals surface area contributed by atoms with Crippen molar-refractivity contribution < 1.29 is 14.3 Å². The average molecular weight is 297 g/mol. The monoisotopic (exact) mass is 297 g/mol. The van der Waals surface area contributed by atoms with Gasteiger partial charge in [-0.1, -0.05) is 39.0 Å². The molecule has 1 saturated heterocycles. The summed E-state index contributed by atoms with van der Waals surface area (Å²) in [7, 11) is 0. The van der Waals surface area contributed by atoms with Crippen molar-refractivity contribution in [2.75, 3.05) is 19.7 Å². The van der Waals surface area contributed by atoms with Crippen molar-refractivity contribution in [2.45, 2.75) is 71.6 Å². The lowest BCUT2D eigenvalue weighted by Crippen LogP contribution is -2.42. The molecule has 122 valence electrons. The number of nitrogens with zero attached hydrogens (tertiary/aromatic N) is 1. The summed E-state index contributed by atoms with van der Waals surface area (Å²) < 4.78 is 5.07. The van der Waals surface area contributed by atoms with Crippen LogP contribution in [0.25, 0.3) is 0 Å². The first kappa shape index (κ1) is 18.0. The summed E-state index contributed by atoms with van der Waals surface area (Å²) >= 11 is 0. The Hall–Kier alpha value is -1.06. The summed E-state index contributed by atoms with van der Waals surface area (Å²) in [5, 5.41) is 0. The SMILES string of the molecule is CCCCCCCCC(=O)N1CCC[C@@H](C(=O)OCC)C1. The van der Waals surface area contributed by atoms with Gasteiger partial charge in [-0.05, 0) is 26.2 Å². The largest absolute Gasteiger partial charge is 0.466 e. The fourth-order valence-corrected chi connectivity index (χ4v) is 2.87. The van der Waals surface area contributed by atoms with Crippen LogP contribution < -0.4 is 0 Å². The fraction of sp³-hybridized carbons (Fsp3) is 0.882. The summed E-state index contributed by atoms with van der Waals surface area (Å²) in [6.07, 6.45) is 9.55. The van der Waals surface area contributed by atoms with E-state index in [4.69, 9.17) is 4.74 Å². The molecule has 1 amide bonds. The Kier molecular flexibility index (Phi) is 9.11. The topological polar surface area (TPSA) is 46.6 Å². The zero-order chi connectivity index (χ0) is 15.5. The van der Waals surface area contributed by atoms with Crippen molar-refractivity contribution in [1.82, 2.24) is 4.90 Å². The minimum absolute atomic E-state index is 0.118. The fourth-order valence-electron chi connectivity index (χ4n) is 2.87. The number of likely N-dealkylation sites (tertiary alicyclic amines) is 1. The van der Waals surface area contributed by atoms with Gasteiger partial charge in [0.2, 0.25) is 5.91 Å². The molecule has 0 bridgehead atoms. The number of carbonyl (C=O) groups excluding carboxylic acids is 2. The third kappa shape index (κ3) is 6.96. The molecule has 21 heavy (non-hydrogen) atoms. The van der Waals surface area contributed by atoms with Gasteiger partial charge >= 0.3 is 5.97 Å². The summed E-state index contributed by atoms with van der Waals surface area (Å²) in [4.78, 5) is 25.8. The van der Waals surface area contributed by atoms with E-state index in [1.54, 1.807) is 0 Å². The van der Waals surface area contributed by atoms with E-state index in [1.807, 2.05) is 11.8 Å². The van der Waals surface area contributed by atoms with E-state index < -0.39 is 0 Å². The van der Waals surface area contributed by atoms with Crippen LogP contribution in [-0.2, 0) is 14.3 Å². The molecular formula is C17H31NO3. The van der Waals surface area contributed by atoms with Gasteiger partial charge in [0.15, 0.2) is 0 Å². The predicted octanol–water partition coefficient (Wildman–Crippen LogP) is 3.54. The lowest BCUT2D eigenvalue weighted by atomic mass is 9.97. The molecule has 1 aliphatic rings. The van der Waals surface area contributed by atoms with Crippen LogP contribution in [0.1, 0.15) is 71.6 Å². The summed E-state index contributed by atoms with van der Waals surface area (Å²) in [6, 6.07) is 0. The van der Waals surface area contributed by atoms with Gasteiger partial charge in [-0.3, -0.25) is 9.59 Å². The van der Waals surface area contributed by atoms with Crippen LogP contribution in [0.5, 0.6) is 0 Å². The van der Waals surface area contributed by atoms with E-state index in [0.29, 0.717) is 19.6 Å². The Balaban J connectivity index is 2.22. The molecule has 0 radical (unpaired) electrons. The van der Waals surface area contributed by atoms with Crippen molar-refractivity contribution >= 4 is 11.9 Å². The highest BCUT2D eigenvalue weighted by Crippen LogP contribution is 2.19. The van der Waals surface area contributed by atoms with Gasteiger partial charge in [0.05, 0.1) is 12.5 Å². The van der Waals surface area contributed by atoms with Gasteiger partial charge in [-0.2, -0.15) is 0 Å². The Morgan fingerprint density at radius 1 is 1.10 bits per heavy atom. The van der Waals surface area contributed by atoms with Crippen molar-refractivity contribution in [3.8, 4) is 0 Å². The van der Waals surface area contributed by atoms with Gasteiger partial charge in [0.25, 0.3) is 0 Å². The molecule has 0 aliphatic carbocycles. The van der Waals surface area contributed by atoms with Crippen molar-refractivity contribution in [3.05, 3.63) is 0 Å². The predicted molar refractivity (Wildman–Crippen MR) is 83.9 cm³/mol. The van der Waals surface area contributed by atoms with Crippen LogP contribution in [0.2, 0.25) is 0 Å². The number of rotatable bonds is 9. The minimum Gasteiger partial charge on any atom is -0.466 e. The second-order valence-electron chi connectivity index (χ2n) is 5.95. The van der Waals surface area contributed by atoms with Crippen LogP contribution in [0, 0.1) is 5.92 Å². The zero-order valence-corrected chi connectivity index (χ0v) is 13.7. The van der Waals surface area contributed by atoms with Crippen LogP contribution >= 0.6 is 0 Å². The Labute approximate surface area is 129 Å². The second-order valence-corrected chi connectivity index (χ2v) is 5.95. The van der Waals surface area contributed by atoms with Gasteiger partial charge in [-0.15, -0.1) is 0 Å². The number of piperidine rings is 1. The maximum Gasteiger partial charge on any atom is 0.310 e. The van der Waals surface area contributed by atoms with E-state index in [2.05, 4.69) is 6.92 Å². The molecule has 0 aromatic carbocycles. The summed E-state index contributed by atoms with van der Waals surface area (Å²) in [5.41, 5.74) is 0. The molecule has 1 atom stereocenters. The average Bonchev–Trinajstić information content (AvgIpc) is 2.51. The normalized spacial score (nSPS) is 18.6. The second kappa shape index (κ2) is 10.6. The molecule has 1 aliphatic heterocycles. The maximum absolute atomic E-state index is 12.2. The Morgan fingerprint density at radius 2 is 1.81 bits per heavy atom. The summed E-state index contributed by atoms with van der Waals surface area (Å²) in [5.74, 6) is -0.0544. The molecule has 0 aromatic heterocycles. The Morgan fingerprint density at radius 3 is 2.52 bits per heavy atom. The minimum atomic E-state index is -0.144. The van der Waals surface area contributed by atoms with E-state index in [0.717, 1.165) is 32.2 Å². The maximum atomic E-state index is 12.2. The molecule has 0 unspecified atom stereocenters. The smallest absolute Gasteiger partial charge is 0.310 e. The lowest BCUT2D eigenvalue weighted by molar-refractivity contribution is -0.151. The number of amides is 1. The Bertz CT molecular complexity index is 317. The number of esters is 1. The molecule has 0 spiro atoms. The number of carbonyl (C=O) groups is 2.